The summed E-state index contributed by atoms with van der Waals surface area (Å²) >= 11 is 0. The molecule has 0 radical (unpaired) electrons. The van der Waals surface area contributed by atoms with Gasteiger partial charge in [-0.05, 0) is 29.0 Å². The number of aromatic nitrogens is 1. The molecule has 1 amide bonds. The lowest BCUT2D eigenvalue weighted by molar-refractivity contribution is -0.140. The number of hydrogen-bond donors (Lipinski definition) is 2. The quantitative estimate of drug-likeness (QED) is 0.569. The van der Waals surface area contributed by atoms with Gasteiger partial charge < -0.3 is 15.0 Å². The second-order valence-corrected chi connectivity index (χ2v) is 9.02. The van der Waals surface area contributed by atoms with Gasteiger partial charge in [-0.25, -0.2) is 4.39 Å². The van der Waals surface area contributed by atoms with Crippen LogP contribution in [0, 0.1) is 0 Å². The van der Waals surface area contributed by atoms with E-state index in [2.05, 4.69) is 26.1 Å². The summed E-state index contributed by atoms with van der Waals surface area (Å²) in [5.41, 5.74) is 1.85. The van der Waals surface area contributed by atoms with Gasteiger partial charge >= 0.3 is 5.97 Å². The van der Waals surface area contributed by atoms with E-state index in [1.54, 1.807) is 25.3 Å². The van der Waals surface area contributed by atoms with Crippen molar-refractivity contribution in [3.63, 3.8) is 0 Å². The molecule has 0 bridgehead atoms. The van der Waals surface area contributed by atoms with Crippen molar-refractivity contribution < 1.29 is 23.9 Å². The number of nitrogens with zero attached hydrogens (tertiary/aromatic N) is 1. The Bertz CT molecular complexity index is 1070. The predicted octanol–water partition coefficient (Wildman–Crippen LogP) is 3.19. The first kappa shape index (κ1) is 26.0. The van der Waals surface area contributed by atoms with Crippen molar-refractivity contribution in [2.24, 2.45) is 0 Å². The predicted molar refractivity (Wildman–Crippen MR) is 123 cm³/mol. The van der Waals surface area contributed by atoms with E-state index in [1.807, 2.05) is 24.3 Å². The molecule has 33 heavy (non-hydrogen) atoms. The van der Waals surface area contributed by atoms with Gasteiger partial charge in [0.2, 0.25) is 5.91 Å². The van der Waals surface area contributed by atoms with E-state index >= 15 is 0 Å². The molecule has 2 unspecified atom stereocenters. The summed E-state index contributed by atoms with van der Waals surface area (Å²) in [6.45, 7) is 6.91. The van der Waals surface area contributed by atoms with Crippen LogP contribution in [0.15, 0.2) is 47.4 Å². The van der Waals surface area contributed by atoms with E-state index in [1.165, 1.54) is 4.57 Å². The topological polar surface area (TPSA) is 105 Å². The second-order valence-electron chi connectivity index (χ2n) is 9.02. The van der Waals surface area contributed by atoms with Gasteiger partial charge in [0.05, 0.1) is 18.9 Å². The summed E-state index contributed by atoms with van der Waals surface area (Å²) in [5, 5.41) is 11.3. The molecule has 2 rings (SSSR count). The highest BCUT2D eigenvalue weighted by Gasteiger charge is 2.29. The standard InChI is InChI=1S/C25H31FN2O5/c1-5-17(23(32)27-20(13-22(30)31)21(29)14-26)18-10-8-12-28(24(18)33)15-16-9-6-7-11-19(16)25(2,3)4/h6-12,17,20H,5,13-15H2,1-4H3,(H,27,32)(H,30,31). The highest BCUT2D eigenvalue weighted by atomic mass is 19.1. The van der Waals surface area contributed by atoms with E-state index in [0.29, 0.717) is 6.54 Å². The molecule has 1 aromatic carbocycles. The molecule has 2 N–H and O–H groups in total. The van der Waals surface area contributed by atoms with Gasteiger partial charge in [-0.15, -0.1) is 0 Å². The number of alkyl halides is 1. The molecule has 0 aliphatic carbocycles. The summed E-state index contributed by atoms with van der Waals surface area (Å²) < 4.78 is 14.4. The van der Waals surface area contributed by atoms with E-state index in [-0.39, 0.29) is 23.0 Å². The number of Topliss-reactive ketones (excluding diaryl/α,β-unsaturated/α-hetero) is 1. The molecule has 0 saturated carbocycles. The van der Waals surface area contributed by atoms with Crippen molar-refractivity contribution in [1.29, 1.82) is 0 Å². The number of rotatable bonds is 10. The Morgan fingerprint density at radius 1 is 1.12 bits per heavy atom. The van der Waals surface area contributed by atoms with Gasteiger partial charge in [0.1, 0.15) is 12.7 Å². The largest absolute Gasteiger partial charge is 0.481 e. The van der Waals surface area contributed by atoms with Gasteiger partial charge in [0, 0.05) is 11.8 Å². The number of carbonyl (C=O) groups excluding carboxylic acids is 2. The monoisotopic (exact) mass is 458 g/mol. The lowest BCUT2D eigenvalue weighted by Gasteiger charge is -2.24. The molecule has 0 spiro atoms. The number of carboxylic acids is 1. The van der Waals surface area contributed by atoms with Crippen LogP contribution >= 0.6 is 0 Å². The fraction of sp³-hybridized carbons (Fsp3) is 0.440. The average Bonchev–Trinajstić information content (AvgIpc) is 2.75. The van der Waals surface area contributed by atoms with Crippen LogP contribution in [-0.2, 0) is 26.3 Å². The Labute approximate surface area is 192 Å². The maximum atomic E-state index is 13.3. The molecule has 0 fully saturated rings. The summed E-state index contributed by atoms with van der Waals surface area (Å²) in [4.78, 5) is 48.9. The minimum Gasteiger partial charge on any atom is -0.481 e. The van der Waals surface area contributed by atoms with Crippen molar-refractivity contribution in [3.8, 4) is 0 Å². The number of pyridine rings is 1. The maximum absolute atomic E-state index is 13.3. The maximum Gasteiger partial charge on any atom is 0.305 e. The number of carboxylic acid groups (broad SMARTS) is 1. The molecule has 2 atom stereocenters. The Kier molecular flexibility index (Phi) is 8.68. The molecule has 0 aliphatic heterocycles. The van der Waals surface area contributed by atoms with Crippen LogP contribution in [0.1, 0.15) is 63.1 Å². The first-order valence-corrected chi connectivity index (χ1v) is 10.9. The Hall–Kier alpha value is -3.29. The number of hydrogen-bond acceptors (Lipinski definition) is 4. The molecule has 7 nitrogen and oxygen atoms in total. The zero-order valence-corrected chi connectivity index (χ0v) is 19.4. The smallest absolute Gasteiger partial charge is 0.305 e. The van der Waals surface area contributed by atoms with Gasteiger partial charge in [-0.3, -0.25) is 19.2 Å². The molecular weight excluding hydrogens is 427 g/mol. The number of amides is 1. The zero-order chi connectivity index (χ0) is 24.8. The Morgan fingerprint density at radius 3 is 2.36 bits per heavy atom. The van der Waals surface area contributed by atoms with Crippen LogP contribution in [0.2, 0.25) is 0 Å². The normalized spacial score (nSPS) is 13.2. The molecule has 1 aromatic heterocycles. The lowest BCUT2D eigenvalue weighted by atomic mass is 9.84. The summed E-state index contributed by atoms with van der Waals surface area (Å²) in [7, 11) is 0. The van der Waals surface area contributed by atoms with Crippen LogP contribution in [-0.4, -0.2) is 40.0 Å². The highest BCUT2D eigenvalue weighted by molar-refractivity contribution is 5.94. The molecule has 8 heteroatoms. The number of ketones is 1. The van der Waals surface area contributed by atoms with Crippen molar-refractivity contribution in [3.05, 3.63) is 69.6 Å². The fourth-order valence-corrected chi connectivity index (χ4v) is 3.85. The van der Waals surface area contributed by atoms with E-state index in [9.17, 15) is 23.6 Å². The van der Waals surface area contributed by atoms with Gasteiger partial charge in [-0.1, -0.05) is 58.0 Å². The van der Waals surface area contributed by atoms with Crippen molar-refractivity contribution in [2.45, 2.75) is 64.5 Å². The third-order valence-corrected chi connectivity index (χ3v) is 5.53. The Morgan fingerprint density at radius 2 is 1.79 bits per heavy atom. The fourth-order valence-electron chi connectivity index (χ4n) is 3.85. The molecule has 0 saturated heterocycles. The first-order valence-electron chi connectivity index (χ1n) is 10.9. The van der Waals surface area contributed by atoms with Crippen molar-refractivity contribution in [2.75, 3.05) is 6.67 Å². The Balaban J connectivity index is 2.37. The minimum atomic E-state index is -1.49. The molecular formula is C25H31FN2O5. The highest BCUT2D eigenvalue weighted by Crippen LogP contribution is 2.26. The molecule has 2 aromatic rings. The van der Waals surface area contributed by atoms with Crippen LogP contribution in [0.25, 0.3) is 0 Å². The third kappa shape index (κ3) is 6.60. The second kappa shape index (κ2) is 11.0. The van der Waals surface area contributed by atoms with Crippen LogP contribution in [0.3, 0.4) is 0 Å². The van der Waals surface area contributed by atoms with Gasteiger partial charge in [0.25, 0.3) is 5.56 Å². The lowest BCUT2D eigenvalue weighted by Crippen LogP contribution is -2.45. The van der Waals surface area contributed by atoms with E-state index in [4.69, 9.17) is 5.11 Å². The number of nitrogens with one attached hydrogen (secondary N) is 1. The summed E-state index contributed by atoms with van der Waals surface area (Å²) in [6, 6.07) is 9.58. The number of benzene rings is 1. The SMILES string of the molecule is CCC(C(=O)NC(CC(=O)O)C(=O)CF)c1cccn(Cc2ccccc2C(C)(C)C)c1=O. The summed E-state index contributed by atoms with van der Waals surface area (Å²) in [6.07, 6.45) is 1.16. The number of halogens is 1. The number of carbonyl (C=O) groups is 3. The third-order valence-electron chi connectivity index (χ3n) is 5.53. The minimum absolute atomic E-state index is 0.119. The van der Waals surface area contributed by atoms with Gasteiger partial charge in [0.15, 0.2) is 5.78 Å². The molecule has 178 valence electrons. The first-order chi connectivity index (χ1) is 15.5. The zero-order valence-electron chi connectivity index (χ0n) is 19.4. The van der Waals surface area contributed by atoms with Crippen LogP contribution < -0.4 is 10.9 Å². The average molecular weight is 459 g/mol. The summed E-state index contributed by atoms with van der Waals surface area (Å²) in [5.74, 6) is -3.96. The van der Waals surface area contributed by atoms with Gasteiger partial charge in [-0.2, -0.15) is 0 Å². The van der Waals surface area contributed by atoms with Crippen molar-refractivity contribution >= 4 is 17.7 Å². The molecule has 1 heterocycles. The van der Waals surface area contributed by atoms with E-state index in [0.717, 1.165) is 11.1 Å². The molecule has 0 aliphatic rings. The van der Waals surface area contributed by atoms with E-state index < -0.39 is 42.7 Å². The number of aliphatic carboxylic acids is 1. The van der Waals surface area contributed by atoms with Crippen LogP contribution in [0.4, 0.5) is 4.39 Å². The van der Waals surface area contributed by atoms with Crippen molar-refractivity contribution in [1.82, 2.24) is 9.88 Å². The van der Waals surface area contributed by atoms with Crippen LogP contribution in [0.5, 0.6) is 0 Å².